The van der Waals surface area contributed by atoms with E-state index in [0.29, 0.717) is 16.4 Å². The van der Waals surface area contributed by atoms with E-state index in [9.17, 15) is 8.42 Å². The van der Waals surface area contributed by atoms with Crippen LogP contribution in [0.3, 0.4) is 0 Å². The zero-order valence-corrected chi connectivity index (χ0v) is 14.2. The lowest BCUT2D eigenvalue weighted by molar-refractivity contribution is 0.174. The van der Waals surface area contributed by atoms with Gasteiger partial charge in [0.15, 0.2) is 21.3 Å². The Morgan fingerprint density at radius 2 is 1.79 bits per heavy atom. The van der Waals surface area contributed by atoms with Gasteiger partial charge in [-0.15, -0.1) is 0 Å². The molecular formula is C17H15NO4S2. The average molecular weight is 361 g/mol. The van der Waals surface area contributed by atoms with Crippen molar-refractivity contribution in [1.82, 2.24) is 0 Å². The lowest BCUT2D eigenvalue weighted by Gasteiger charge is -2.04. The molecule has 0 saturated heterocycles. The molecule has 124 valence electrons. The van der Waals surface area contributed by atoms with Crippen LogP contribution in [0.1, 0.15) is 11.5 Å². The third kappa shape index (κ3) is 2.35. The van der Waals surface area contributed by atoms with Crippen molar-refractivity contribution < 1.29 is 17.9 Å². The zero-order valence-electron chi connectivity index (χ0n) is 12.6. The summed E-state index contributed by atoms with van der Waals surface area (Å²) in [5.74, 6) is 0.651. The predicted molar refractivity (Wildman–Crippen MR) is 93.0 cm³/mol. The highest BCUT2D eigenvalue weighted by molar-refractivity contribution is 7.92. The summed E-state index contributed by atoms with van der Waals surface area (Å²) in [5, 5.41) is -0.641. The van der Waals surface area contributed by atoms with Gasteiger partial charge in [-0.1, -0.05) is 36.5 Å². The van der Waals surface area contributed by atoms with Gasteiger partial charge in [0.05, 0.1) is 15.1 Å². The molecule has 7 heteroatoms. The van der Waals surface area contributed by atoms with Gasteiger partial charge in [0.2, 0.25) is 6.79 Å². The molecule has 2 aromatic rings. The third-order valence-corrected chi connectivity index (χ3v) is 7.00. The van der Waals surface area contributed by atoms with Crippen LogP contribution in [0.5, 0.6) is 11.5 Å². The lowest BCUT2D eigenvalue weighted by atomic mass is 10.1. The predicted octanol–water partition coefficient (Wildman–Crippen LogP) is 2.26. The van der Waals surface area contributed by atoms with Crippen LogP contribution in [0, 0.1) is 5.92 Å². The Bertz CT molecular complexity index is 911. The molecule has 2 aromatic carbocycles. The average Bonchev–Trinajstić information content (AvgIpc) is 3.19. The van der Waals surface area contributed by atoms with E-state index in [-0.39, 0.29) is 23.6 Å². The molecule has 0 unspecified atom stereocenters. The van der Waals surface area contributed by atoms with Crippen molar-refractivity contribution in [2.45, 2.75) is 16.1 Å². The Hall–Kier alpha value is -2.12. The Balaban J connectivity index is 1.72. The Labute approximate surface area is 145 Å². The van der Waals surface area contributed by atoms with Gasteiger partial charge in [-0.05, 0) is 29.8 Å². The van der Waals surface area contributed by atoms with Crippen molar-refractivity contribution in [3.63, 3.8) is 0 Å². The summed E-state index contributed by atoms with van der Waals surface area (Å²) in [6.07, 6.45) is 0. The Kier molecular flexibility index (Phi) is 3.51. The smallest absolute Gasteiger partial charge is 0.231 e. The van der Waals surface area contributed by atoms with E-state index in [1.165, 1.54) is 0 Å². The summed E-state index contributed by atoms with van der Waals surface area (Å²) in [4.78, 5) is 0.515. The standard InChI is InChI=1S/C17H15NO4S2/c18-17(23)15-14(10-6-7-12-13(8-10)22-9-21-12)16(15)24(19,20)11-4-2-1-3-5-11/h1-8,14-16H,9H2,(H2,18,23)/t14-,15-,16-/m1/s1. The molecule has 5 nitrogen and oxygen atoms in total. The number of rotatable bonds is 4. The number of ether oxygens (including phenoxy) is 2. The van der Waals surface area contributed by atoms with E-state index in [1.807, 2.05) is 12.1 Å². The molecule has 0 aromatic heterocycles. The number of thiocarbonyl (C=S) groups is 1. The Morgan fingerprint density at radius 3 is 2.50 bits per heavy atom. The second-order valence-electron chi connectivity index (χ2n) is 5.89. The van der Waals surface area contributed by atoms with Crippen molar-refractivity contribution in [2.24, 2.45) is 11.7 Å². The van der Waals surface area contributed by atoms with Crippen LogP contribution >= 0.6 is 12.2 Å². The van der Waals surface area contributed by atoms with Crippen LogP contribution < -0.4 is 15.2 Å². The van der Waals surface area contributed by atoms with Crippen LogP contribution in [0.4, 0.5) is 0 Å². The maximum Gasteiger partial charge on any atom is 0.231 e. The van der Waals surface area contributed by atoms with E-state index in [4.69, 9.17) is 27.4 Å². The van der Waals surface area contributed by atoms with Gasteiger partial charge in [-0.25, -0.2) is 8.42 Å². The maximum absolute atomic E-state index is 13.0. The molecule has 1 saturated carbocycles. The third-order valence-electron chi connectivity index (χ3n) is 4.49. The van der Waals surface area contributed by atoms with Crippen molar-refractivity contribution >= 4 is 27.0 Å². The highest BCUT2D eigenvalue weighted by Gasteiger charge is 2.60. The first-order valence-corrected chi connectivity index (χ1v) is 9.43. The first kappa shape index (κ1) is 15.4. The molecule has 0 amide bonds. The van der Waals surface area contributed by atoms with Gasteiger partial charge < -0.3 is 15.2 Å². The van der Waals surface area contributed by atoms with Crippen LogP contribution in [-0.2, 0) is 9.84 Å². The summed E-state index contributed by atoms with van der Waals surface area (Å²) >= 11 is 5.11. The summed E-state index contributed by atoms with van der Waals surface area (Å²) in [6, 6.07) is 13.9. The summed E-state index contributed by atoms with van der Waals surface area (Å²) in [7, 11) is -3.51. The molecular weight excluding hydrogens is 346 g/mol. The fourth-order valence-electron chi connectivity index (χ4n) is 3.29. The number of hydrogen-bond donors (Lipinski definition) is 1. The van der Waals surface area contributed by atoms with Crippen molar-refractivity contribution in [1.29, 1.82) is 0 Å². The lowest BCUT2D eigenvalue weighted by Crippen LogP contribution is -2.17. The number of fused-ring (bicyclic) bond motifs is 1. The Morgan fingerprint density at radius 1 is 1.08 bits per heavy atom. The fourth-order valence-corrected chi connectivity index (χ4v) is 5.85. The molecule has 4 rings (SSSR count). The minimum Gasteiger partial charge on any atom is -0.454 e. The summed E-state index contributed by atoms with van der Waals surface area (Å²) < 4.78 is 36.6. The molecule has 24 heavy (non-hydrogen) atoms. The van der Waals surface area contributed by atoms with Crippen LogP contribution in [0.15, 0.2) is 53.4 Å². The van der Waals surface area contributed by atoms with E-state index >= 15 is 0 Å². The van der Waals surface area contributed by atoms with Crippen molar-refractivity contribution in [3.8, 4) is 11.5 Å². The number of benzene rings is 2. The van der Waals surface area contributed by atoms with E-state index in [0.717, 1.165) is 5.56 Å². The van der Waals surface area contributed by atoms with Crippen molar-refractivity contribution in [2.75, 3.05) is 6.79 Å². The van der Waals surface area contributed by atoms with Crippen LogP contribution in [-0.4, -0.2) is 25.4 Å². The molecule has 0 radical (unpaired) electrons. The molecule has 1 aliphatic carbocycles. The van der Waals surface area contributed by atoms with E-state index in [1.54, 1.807) is 36.4 Å². The molecule has 1 heterocycles. The zero-order chi connectivity index (χ0) is 16.9. The second kappa shape index (κ2) is 5.46. The molecule has 2 aliphatic rings. The van der Waals surface area contributed by atoms with Gasteiger partial charge in [0.25, 0.3) is 0 Å². The molecule has 0 bridgehead atoms. The van der Waals surface area contributed by atoms with Gasteiger partial charge >= 0.3 is 0 Å². The monoisotopic (exact) mass is 361 g/mol. The molecule has 1 aliphatic heterocycles. The maximum atomic E-state index is 13.0. The SMILES string of the molecule is NC(=S)[C@@H]1[C@@H](c2ccc3c(c2)OCO3)[C@H]1S(=O)(=O)c1ccccc1. The van der Waals surface area contributed by atoms with Crippen molar-refractivity contribution in [3.05, 3.63) is 54.1 Å². The number of nitrogens with two attached hydrogens (primary N) is 1. The molecule has 2 N–H and O–H groups in total. The second-order valence-corrected chi connectivity index (χ2v) is 8.47. The summed E-state index contributed by atoms with van der Waals surface area (Å²) in [6.45, 7) is 0.175. The first-order chi connectivity index (χ1) is 11.5. The fraction of sp³-hybridized carbons (Fsp3) is 0.235. The van der Waals surface area contributed by atoms with E-state index < -0.39 is 15.1 Å². The van der Waals surface area contributed by atoms with Gasteiger partial charge in [0, 0.05) is 11.8 Å². The van der Waals surface area contributed by atoms with Gasteiger partial charge in [-0.3, -0.25) is 0 Å². The number of hydrogen-bond acceptors (Lipinski definition) is 5. The minimum absolute atomic E-state index is 0.175. The molecule has 0 spiro atoms. The van der Waals surface area contributed by atoms with Gasteiger partial charge in [-0.2, -0.15) is 0 Å². The quantitative estimate of drug-likeness (QED) is 0.842. The van der Waals surface area contributed by atoms with Gasteiger partial charge in [0.1, 0.15) is 0 Å². The molecule has 3 atom stereocenters. The van der Waals surface area contributed by atoms with Crippen LogP contribution in [0.25, 0.3) is 0 Å². The van der Waals surface area contributed by atoms with Crippen LogP contribution in [0.2, 0.25) is 0 Å². The normalized spacial score (nSPS) is 24.6. The highest BCUT2D eigenvalue weighted by atomic mass is 32.2. The number of sulfone groups is 1. The summed E-state index contributed by atoms with van der Waals surface area (Å²) in [5.41, 5.74) is 6.66. The largest absolute Gasteiger partial charge is 0.454 e. The topological polar surface area (TPSA) is 78.6 Å². The minimum atomic E-state index is -3.51. The van der Waals surface area contributed by atoms with E-state index in [2.05, 4.69) is 0 Å². The highest BCUT2D eigenvalue weighted by Crippen LogP contribution is 2.55. The first-order valence-electron chi connectivity index (χ1n) is 7.48. The molecule has 1 fully saturated rings.